The highest BCUT2D eigenvalue weighted by Crippen LogP contribution is 2.26. The molecule has 2 N–H and O–H groups in total. The number of nitrogens with zero attached hydrogens (tertiary/aromatic N) is 3. The van der Waals surface area contributed by atoms with E-state index in [4.69, 9.17) is 0 Å². The summed E-state index contributed by atoms with van der Waals surface area (Å²) in [5.41, 5.74) is 0. The van der Waals surface area contributed by atoms with E-state index in [1.807, 2.05) is 7.05 Å². The van der Waals surface area contributed by atoms with Crippen LogP contribution in [0.3, 0.4) is 0 Å². The first kappa shape index (κ1) is 23.7. The van der Waals surface area contributed by atoms with Crippen molar-refractivity contribution in [2.45, 2.75) is 76.3 Å². The fourth-order valence-electron chi connectivity index (χ4n) is 4.95. The van der Waals surface area contributed by atoms with Gasteiger partial charge >= 0.3 is 0 Å². The molecule has 2 saturated carbocycles. The van der Waals surface area contributed by atoms with E-state index < -0.39 is 0 Å². The normalized spacial score (nSPS) is 24.5. The summed E-state index contributed by atoms with van der Waals surface area (Å²) in [6, 6.07) is 1.08. The minimum Gasteiger partial charge on any atom is -0.355 e. The number of guanidine groups is 1. The number of carbonyl (C=O) groups is 1. The van der Waals surface area contributed by atoms with Gasteiger partial charge in [-0.15, -0.1) is 24.0 Å². The van der Waals surface area contributed by atoms with Gasteiger partial charge < -0.3 is 20.4 Å². The lowest BCUT2D eigenvalue weighted by Gasteiger charge is -2.26. The first-order chi connectivity index (χ1) is 13.2. The second kappa shape index (κ2) is 12.2. The van der Waals surface area contributed by atoms with Gasteiger partial charge in [-0.3, -0.25) is 9.79 Å². The Morgan fingerprint density at radius 1 is 1.07 bits per heavy atom. The van der Waals surface area contributed by atoms with Gasteiger partial charge in [0.2, 0.25) is 5.91 Å². The molecule has 1 heterocycles. The highest BCUT2D eigenvalue weighted by molar-refractivity contribution is 14.0. The van der Waals surface area contributed by atoms with Crippen molar-refractivity contribution in [3.8, 4) is 0 Å². The highest BCUT2D eigenvalue weighted by Gasteiger charge is 2.31. The molecule has 1 aliphatic heterocycles. The molecule has 162 valence electrons. The predicted octanol–water partition coefficient (Wildman–Crippen LogP) is 2.83. The zero-order valence-corrected chi connectivity index (χ0v) is 20.1. The van der Waals surface area contributed by atoms with Crippen molar-refractivity contribution in [1.29, 1.82) is 0 Å². The van der Waals surface area contributed by atoms with Crippen molar-refractivity contribution in [3.63, 3.8) is 0 Å². The summed E-state index contributed by atoms with van der Waals surface area (Å²) < 4.78 is 0. The number of amides is 1. The van der Waals surface area contributed by atoms with Gasteiger partial charge in [0.15, 0.2) is 5.96 Å². The standard InChI is InChI=1S/C21H39N5O.HI/c1-22-21(23-13-15-25(2)19-10-6-7-11-19)24-18-12-14-26(16-18)20(27)17-8-4-3-5-9-17;/h17-19H,3-16H2,1-2H3,(H2,22,23,24);1H. The summed E-state index contributed by atoms with van der Waals surface area (Å²) in [4.78, 5) is 21.7. The van der Waals surface area contributed by atoms with Crippen LogP contribution in [0.15, 0.2) is 4.99 Å². The maximum Gasteiger partial charge on any atom is 0.225 e. The van der Waals surface area contributed by atoms with Crippen molar-refractivity contribution in [3.05, 3.63) is 0 Å². The summed E-state index contributed by atoms with van der Waals surface area (Å²) >= 11 is 0. The van der Waals surface area contributed by atoms with E-state index in [2.05, 4.69) is 32.5 Å². The second-order valence-corrected chi connectivity index (χ2v) is 8.67. The molecule has 1 atom stereocenters. The molecule has 0 aromatic heterocycles. The Labute approximate surface area is 188 Å². The molecule has 1 unspecified atom stereocenters. The molecule has 0 aromatic rings. The number of nitrogens with one attached hydrogen (secondary N) is 2. The quantitative estimate of drug-likeness (QED) is 0.331. The van der Waals surface area contributed by atoms with Crippen molar-refractivity contribution < 1.29 is 4.79 Å². The molecule has 1 amide bonds. The number of likely N-dealkylation sites (tertiary alicyclic amines) is 1. The average Bonchev–Trinajstić information content (AvgIpc) is 3.39. The molecule has 0 bridgehead atoms. The van der Waals surface area contributed by atoms with Crippen LogP contribution in [-0.2, 0) is 4.79 Å². The van der Waals surface area contributed by atoms with Gasteiger partial charge in [-0.25, -0.2) is 0 Å². The maximum atomic E-state index is 12.7. The van der Waals surface area contributed by atoms with Gasteiger partial charge in [0.05, 0.1) is 0 Å². The van der Waals surface area contributed by atoms with Crippen molar-refractivity contribution in [2.24, 2.45) is 10.9 Å². The molecule has 7 heteroatoms. The lowest BCUT2D eigenvalue weighted by molar-refractivity contribution is -0.135. The number of rotatable bonds is 6. The Hall–Kier alpha value is -0.570. The lowest BCUT2D eigenvalue weighted by Crippen LogP contribution is -2.47. The number of carbonyl (C=O) groups excluding carboxylic acids is 1. The highest BCUT2D eigenvalue weighted by atomic mass is 127. The number of halogens is 1. The summed E-state index contributed by atoms with van der Waals surface area (Å²) in [6.45, 7) is 3.65. The lowest BCUT2D eigenvalue weighted by atomic mass is 9.88. The van der Waals surface area contributed by atoms with E-state index in [9.17, 15) is 4.79 Å². The Bertz CT molecular complexity index is 503. The van der Waals surface area contributed by atoms with E-state index in [1.54, 1.807) is 0 Å². The van der Waals surface area contributed by atoms with Crippen LogP contribution in [0.4, 0.5) is 0 Å². The van der Waals surface area contributed by atoms with Gasteiger partial charge in [0.25, 0.3) is 0 Å². The minimum atomic E-state index is 0. The molecular weight excluding hydrogens is 465 g/mol. The maximum absolute atomic E-state index is 12.7. The van der Waals surface area contributed by atoms with Gasteiger partial charge in [-0.2, -0.15) is 0 Å². The van der Waals surface area contributed by atoms with E-state index in [0.29, 0.717) is 11.9 Å². The summed E-state index contributed by atoms with van der Waals surface area (Å²) in [5.74, 6) is 1.54. The first-order valence-electron chi connectivity index (χ1n) is 11.1. The van der Waals surface area contributed by atoms with E-state index in [1.165, 1.54) is 44.9 Å². The number of aliphatic imine (C=N–C) groups is 1. The van der Waals surface area contributed by atoms with Crippen molar-refractivity contribution in [2.75, 3.05) is 40.3 Å². The van der Waals surface area contributed by atoms with Crippen LogP contribution in [0.1, 0.15) is 64.2 Å². The smallest absolute Gasteiger partial charge is 0.225 e. The molecule has 1 saturated heterocycles. The minimum absolute atomic E-state index is 0. The Balaban J connectivity index is 0.00000280. The van der Waals surface area contributed by atoms with Gasteiger partial charge in [0, 0.05) is 51.2 Å². The molecule has 2 aliphatic carbocycles. The third kappa shape index (κ3) is 6.75. The summed E-state index contributed by atoms with van der Waals surface area (Å²) in [5, 5.41) is 6.98. The molecule has 0 spiro atoms. The zero-order valence-electron chi connectivity index (χ0n) is 17.8. The zero-order chi connectivity index (χ0) is 19.1. The first-order valence-corrected chi connectivity index (χ1v) is 11.1. The van der Waals surface area contributed by atoms with Gasteiger partial charge in [-0.05, 0) is 39.2 Å². The number of hydrogen-bond donors (Lipinski definition) is 2. The van der Waals surface area contributed by atoms with Crippen molar-refractivity contribution >= 4 is 35.8 Å². The fraction of sp³-hybridized carbons (Fsp3) is 0.905. The number of hydrogen-bond acceptors (Lipinski definition) is 3. The van der Waals surface area contributed by atoms with Crippen molar-refractivity contribution in [1.82, 2.24) is 20.4 Å². The van der Waals surface area contributed by atoms with Crippen LogP contribution >= 0.6 is 24.0 Å². The van der Waals surface area contributed by atoms with Gasteiger partial charge in [-0.1, -0.05) is 32.1 Å². The number of likely N-dealkylation sites (N-methyl/N-ethyl adjacent to an activating group) is 1. The monoisotopic (exact) mass is 505 g/mol. The largest absolute Gasteiger partial charge is 0.355 e. The molecule has 0 aromatic carbocycles. The molecule has 3 fully saturated rings. The SMILES string of the molecule is CN=C(NCCN(C)C1CCCC1)NC1CCN(C(=O)C2CCCCC2)C1.I. The Morgan fingerprint density at radius 3 is 2.43 bits per heavy atom. The van der Waals surface area contributed by atoms with E-state index in [-0.39, 0.29) is 29.9 Å². The van der Waals surface area contributed by atoms with Crippen LogP contribution in [0.2, 0.25) is 0 Å². The van der Waals surface area contributed by atoms with E-state index in [0.717, 1.165) is 57.4 Å². The fourth-order valence-corrected chi connectivity index (χ4v) is 4.95. The third-order valence-corrected chi connectivity index (χ3v) is 6.72. The van der Waals surface area contributed by atoms with Crippen LogP contribution in [0.5, 0.6) is 0 Å². The molecule has 6 nitrogen and oxygen atoms in total. The van der Waals surface area contributed by atoms with Gasteiger partial charge in [0.1, 0.15) is 0 Å². The van der Waals surface area contributed by atoms with Crippen LogP contribution in [0.25, 0.3) is 0 Å². The Morgan fingerprint density at radius 2 is 1.75 bits per heavy atom. The molecular formula is C21H40IN5O. The molecule has 3 aliphatic rings. The van der Waals surface area contributed by atoms with E-state index >= 15 is 0 Å². The summed E-state index contributed by atoms with van der Waals surface area (Å²) in [6.07, 6.45) is 12.4. The molecule has 28 heavy (non-hydrogen) atoms. The molecule has 0 radical (unpaired) electrons. The topological polar surface area (TPSA) is 60.0 Å². The average molecular weight is 505 g/mol. The third-order valence-electron chi connectivity index (χ3n) is 6.72. The Kier molecular flexibility index (Phi) is 10.3. The van der Waals surface area contributed by atoms with Crippen LogP contribution < -0.4 is 10.6 Å². The summed E-state index contributed by atoms with van der Waals surface area (Å²) in [7, 11) is 4.06. The molecule has 3 rings (SSSR count). The van der Waals surface area contributed by atoms with Crippen LogP contribution in [-0.4, -0.2) is 74.0 Å². The predicted molar refractivity (Wildman–Crippen MR) is 126 cm³/mol. The van der Waals surface area contributed by atoms with Crippen LogP contribution in [0, 0.1) is 5.92 Å². The second-order valence-electron chi connectivity index (χ2n) is 8.67.